The third-order valence-electron chi connectivity index (χ3n) is 6.59. The molecule has 0 radical (unpaired) electrons. The molecule has 4 heterocycles. The lowest BCUT2D eigenvalue weighted by atomic mass is 9.97. The van der Waals surface area contributed by atoms with Crippen molar-refractivity contribution >= 4 is 27.2 Å². The maximum atomic E-state index is 9.36. The minimum Gasteiger partial charge on any atom is -0.370 e. The molecule has 7 heteroatoms. The topological polar surface area (TPSA) is 78.4 Å². The predicted molar refractivity (Wildman–Crippen MR) is 112 cm³/mol. The number of nitriles is 1. The van der Waals surface area contributed by atoms with Crippen LogP contribution in [0.3, 0.4) is 0 Å². The Bertz CT molecular complexity index is 894. The van der Waals surface area contributed by atoms with Crippen molar-refractivity contribution in [2.75, 3.05) is 24.5 Å². The van der Waals surface area contributed by atoms with Crippen LogP contribution in [-0.2, 0) is 4.74 Å². The van der Waals surface area contributed by atoms with Gasteiger partial charge in [-0.1, -0.05) is 0 Å². The smallest absolute Gasteiger partial charge is 0.101 e. The van der Waals surface area contributed by atoms with E-state index in [1.807, 2.05) is 11.6 Å². The largest absolute Gasteiger partial charge is 0.370 e. The molecule has 0 saturated carbocycles. The van der Waals surface area contributed by atoms with Crippen molar-refractivity contribution in [3.05, 3.63) is 23.2 Å². The molecule has 1 aromatic carbocycles. The van der Waals surface area contributed by atoms with Gasteiger partial charge in [-0.15, -0.1) is 11.3 Å². The van der Waals surface area contributed by atoms with Crippen LogP contribution in [0.2, 0.25) is 0 Å². The monoisotopic (exact) mass is 397 g/mol. The molecule has 28 heavy (non-hydrogen) atoms. The SMILES string of the molecule is C[C@@H]1CN(c2ccc(C#N)c3ncsc23)C[C@H](CN2[C@@H]3CC[C@H]2C[C@@H](N)C3)O1. The number of benzene rings is 1. The summed E-state index contributed by atoms with van der Waals surface area (Å²) in [5.41, 5.74) is 10.7. The number of ether oxygens (including phenoxy) is 1. The molecule has 148 valence electrons. The molecular weight excluding hydrogens is 370 g/mol. The first kappa shape index (κ1) is 18.3. The van der Waals surface area contributed by atoms with E-state index in [0.717, 1.165) is 42.7 Å². The van der Waals surface area contributed by atoms with Crippen LogP contribution in [0.15, 0.2) is 17.6 Å². The Morgan fingerprint density at radius 2 is 2.07 bits per heavy atom. The average molecular weight is 398 g/mol. The molecule has 2 N–H and O–H groups in total. The predicted octanol–water partition coefficient (Wildman–Crippen LogP) is 2.72. The second-order valence-corrected chi connectivity index (χ2v) is 9.42. The first-order valence-electron chi connectivity index (χ1n) is 10.3. The highest BCUT2D eigenvalue weighted by Gasteiger charge is 2.41. The highest BCUT2D eigenvalue weighted by atomic mass is 32.1. The molecule has 5 atom stereocenters. The zero-order valence-corrected chi connectivity index (χ0v) is 17.1. The average Bonchev–Trinajstić information content (AvgIpc) is 3.24. The van der Waals surface area contributed by atoms with Crippen molar-refractivity contribution in [3.63, 3.8) is 0 Å². The van der Waals surface area contributed by atoms with E-state index in [1.165, 1.54) is 18.5 Å². The van der Waals surface area contributed by atoms with E-state index in [9.17, 15) is 5.26 Å². The summed E-state index contributed by atoms with van der Waals surface area (Å²) in [6.07, 6.45) is 5.18. The third kappa shape index (κ3) is 3.18. The van der Waals surface area contributed by atoms with Crippen LogP contribution in [0.25, 0.3) is 10.2 Å². The molecule has 0 amide bonds. The van der Waals surface area contributed by atoms with Crippen LogP contribution in [0.1, 0.15) is 38.2 Å². The van der Waals surface area contributed by atoms with E-state index < -0.39 is 0 Å². The van der Waals surface area contributed by atoms with Gasteiger partial charge in [-0.25, -0.2) is 4.98 Å². The van der Waals surface area contributed by atoms with Gasteiger partial charge in [0.2, 0.25) is 0 Å². The molecule has 0 spiro atoms. The number of anilines is 1. The lowest BCUT2D eigenvalue weighted by Crippen LogP contribution is -2.55. The van der Waals surface area contributed by atoms with Crippen LogP contribution in [0, 0.1) is 11.3 Å². The Hall–Kier alpha value is -1.72. The summed E-state index contributed by atoms with van der Waals surface area (Å²) in [6, 6.07) is 7.88. The van der Waals surface area contributed by atoms with E-state index >= 15 is 0 Å². The third-order valence-corrected chi connectivity index (χ3v) is 7.43. The minimum atomic E-state index is 0.182. The van der Waals surface area contributed by atoms with E-state index in [-0.39, 0.29) is 12.2 Å². The maximum Gasteiger partial charge on any atom is 0.101 e. The van der Waals surface area contributed by atoms with Gasteiger partial charge in [-0.05, 0) is 44.7 Å². The van der Waals surface area contributed by atoms with Gasteiger partial charge in [0.05, 0.1) is 33.7 Å². The highest BCUT2D eigenvalue weighted by Crippen LogP contribution is 2.37. The zero-order valence-electron chi connectivity index (χ0n) is 16.3. The second-order valence-electron chi connectivity index (χ2n) is 8.56. The zero-order chi connectivity index (χ0) is 19.3. The maximum absolute atomic E-state index is 9.36. The van der Waals surface area contributed by atoms with Crippen molar-refractivity contribution < 1.29 is 4.74 Å². The lowest BCUT2D eigenvalue weighted by Gasteiger charge is -2.43. The fraction of sp³-hybridized carbons (Fsp3) is 0.619. The number of morpholine rings is 1. The molecule has 1 aromatic heterocycles. The Labute approximate surface area is 169 Å². The van der Waals surface area contributed by atoms with Gasteiger partial charge in [0.1, 0.15) is 11.6 Å². The van der Waals surface area contributed by atoms with Gasteiger partial charge in [-0.3, -0.25) is 4.90 Å². The lowest BCUT2D eigenvalue weighted by molar-refractivity contribution is -0.0447. The molecule has 3 aliphatic heterocycles. The Morgan fingerprint density at radius 1 is 1.29 bits per heavy atom. The van der Waals surface area contributed by atoms with Crippen molar-refractivity contribution in [1.82, 2.24) is 9.88 Å². The molecule has 3 fully saturated rings. The van der Waals surface area contributed by atoms with Crippen molar-refractivity contribution in [2.45, 2.75) is 62.9 Å². The summed E-state index contributed by atoms with van der Waals surface area (Å²) in [7, 11) is 0. The number of nitrogens with zero attached hydrogens (tertiary/aromatic N) is 4. The summed E-state index contributed by atoms with van der Waals surface area (Å²) >= 11 is 1.62. The number of rotatable bonds is 3. The number of hydrogen-bond donors (Lipinski definition) is 1. The van der Waals surface area contributed by atoms with Gasteiger partial charge in [-0.2, -0.15) is 5.26 Å². The highest BCUT2D eigenvalue weighted by molar-refractivity contribution is 7.17. The van der Waals surface area contributed by atoms with Crippen LogP contribution in [0.4, 0.5) is 5.69 Å². The minimum absolute atomic E-state index is 0.182. The summed E-state index contributed by atoms with van der Waals surface area (Å²) in [5.74, 6) is 0. The number of fused-ring (bicyclic) bond motifs is 3. The van der Waals surface area contributed by atoms with E-state index in [2.05, 4.69) is 33.8 Å². The van der Waals surface area contributed by atoms with Gasteiger partial charge in [0.25, 0.3) is 0 Å². The fourth-order valence-electron chi connectivity index (χ4n) is 5.47. The molecule has 2 bridgehead atoms. The Kier molecular flexibility index (Phi) is 4.76. The number of piperidine rings is 1. The molecule has 6 nitrogen and oxygen atoms in total. The molecule has 2 aromatic rings. The van der Waals surface area contributed by atoms with Gasteiger partial charge in [0.15, 0.2) is 0 Å². The number of nitrogens with two attached hydrogens (primary N) is 1. The summed E-state index contributed by atoms with van der Waals surface area (Å²) < 4.78 is 7.46. The van der Waals surface area contributed by atoms with Gasteiger partial charge in [0, 0.05) is 37.8 Å². The molecular formula is C21H27N5OS. The summed E-state index contributed by atoms with van der Waals surface area (Å²) in [4.78, 5) is 9.53. The van der Waals surface area contributed by atoms with Crippen molar-refractivity contribution in [3.8, 4) is 6.07 Å². The van der Waals surface area contributed by atoms with Crippen LogP contribution < -0.4 is 10.6 Å². The first-order chi connectivity index (χ1) is 13.6. The fourth-order valence-corrected chi connectivity index (χ4v) is 6.32. The van der Waals surface area contributed by atoms with Gasteiger partial charge >= 0.3 is 0 Å². The Balaban J connectivity index is 1.37. The standard InChI is InChI=1S/C21H27N5OS/c1-13-9-25(19-5-2-14(8-22)20-21(19)28-12-24-20)10-18(27-13)11-26-16-3-4-17(26)7-15(23)6-16/h2,5,12-13,15-18H,3-4,6-7,9-11,23H2,1H3/t13-,15-,16+,17-,18-/m1/s1. The molecule has 3 aliphatic rings. The van der Waals surface area contributed by atoms with E-state index in [0.29, 0.717) is 23.7 Å². The first-order valence-corrected chi connectivity index (χ1v) is 11.2. The van der Waals surface area contributed by atoms with Crippen LogP contribution >= 0.6 is 11.3 Å². The van der Waals surface area contributed by atoms with Crippen LogP contribution in [-0.4, -0.2) is 59.9 Å². The summed E-state index contributed by atoms with van der Waals surface area (Å²) in [5, 5.41) is 9.36. The molecule has 0 unspecified atom stereocenters. The van der Waals surface area contributed by atoms with Crippen LogP contribution in [0.5, 0.6) is 0 Å². The number of hydrogen-bond acceptors (Lipinski definition) is 7. The van der Waals surface area contributed by atoms with E-state index in [1.54, 1.807) is 11.3 Å². The van der Waals surface area contributed by atoms with E-state index in [4.69, 9.17) is 10.5 Å². The van der Waals surface area contributed by atoms with Crippen molar-refractivity contribution in [2.24, 2.45) is 5.73 Å². The normalized spacial score (nSPS) is 33.3. The second kappa shape index (κ2) is 7.27. The van der Waals surface area contributed by atoms with Crippen molar-refractivity contribution in [1.29, 1.82) is 5.26 Å². The number of thiazole rings is 1. The molecule has 0 aliphatic carbocycles. The molecule has 5 rings (SSSR count). The molecule has 3 saturated heterocycles. The summed E-state index contributed by atoms with van der Waals surface area (Å²) in [6.45, 7) is 4.90. The van der Waals surface area contributed by atoms with Gasteiger partial charge < -0.3 is 15.4 Å². The Morgan fingerprint density at radius 3 is 2.82 bits per heavy atom. The number of aromatic nitrogens is 1. The quantitative estimate of drug-likeness (QED) is 0.858.